The third kappa shape index (κ3) is 4.59. The average molecular weight is 378 g/mol. The summed E-state index contributed by atoms with van der Waals surface area (Å²) in [6, 6.07) is 4.76. The van der Waals surface area contributed by atoms with Gasteiger partial charge in [0.2, 0.25) is 0 Å². The zero-order valence-corrected chi connectivity index (χ0v) is 13.4. The van der Waals surface area contributed by atoms with E-state index in [1.165, 1.54) is 4.90 Å². The number of benzene rings is 1. The minimum Gasteiger partial charge on any atom is -0.481 e. The van der Waals surface area contributed by atoms with Crippen LogP contribution in [0, 0.1) is 0 Å². The molecule has 1 aromatic rings. The fraction of sp³-hybridized carbons (Fsp3) is 0.385. The van der Waals surface area contributed by atoms with Crippen LogP contribution in [0.2, 0.25) is 5.02 Å². The molecule has 1 heterocycles. The second-order valence-electron chi connectivity index (χ2n) is 4.59. The highest BCUT2D eigenvalue weighted by molar-refractivity contribution is 9.10. The summed E-state index contributed by atoms with van der Waals surface area (Å²) in [6.07, 6.45) is -0.593. The van der Waals surface area contributed by atoms with Crippen LogP contribution in [0.15, 0.2) is 22.7 Å². The third-order valence-electron chi connectivity index (χ3n) is 3.00. The number of carboxylic acids is 1. The van der Waals surface area contributed by atoms with E-state index in [4.69, 9.17) is 21.4 Å². The summed E-state index contributed by atoms with van der Waals surface area (Å²) in [7, 11) is 0. The van der Waals surface area contributed by atoms with Gasteiger partial charge in [0.05, 0.1) is 24.8 Å². The molecule has 1 aliphatic heterocycles. The summed E-state index contributed by atoms with van der Waals surface area (Å²) in [5.41, 5.74) is 0.602. The van der Waals surface area contributed by atoms with Gasteiger partial charge < -0.3 is 20.1 Å². The molecule has 0 spiro atoms. The first-order valence-electron chi connectivity index (χ1n) is 6.30. The lowest BCUT2D eigenvalue weighted by molar-refractivity contribution is -0.141. The van der Waals surface area contributed by atoms with E-state index in [0.29, 0.717) is 28.3 Å². The second-order valence-corrected chi connectivity index (χ2v) is 5.88. The molecule has 114 valence electrons. The standard InChI is InChI=1S/C13H14BrClN2O4/c14-10-5-8(15)1-2-11(10)16-13(20)17-3-4-21-9(7-17)6-12(18)19/h1-2,5,9H,3-4,6-7H2,(H,16,20)(H,18,19). The van der Waals surface area contributed by atoms with Gasteiger partial charge in [-0.05, 0) is 34.1 Å². The normalized spacial score (nSPS) is 18.4. The summed E-state index contributed by atoms with van der Waals surface area (Å²) < 4.78 is 6.01. The number of nitrogens with zero attached hydrogens (tertiary/aromatic N) is 1. The molecule has 2 N–H and O–H groups in total. The number of urea groups is 1. The Bertz CT molecular complexity index is 555. The number of carbonyl (C=O) groups excluding carboxylic acids is 1. The minimum atomic E-state index is -0.942. The Hall–Kier alpha value is -1.31. The molecule has 0 radical (unpaired) electrons. The Morgan fingerprint density at radius 1 is 1.52 bits per heavy atom. The van der Waals surface area contributed by atoms with Gasteiger partial charge >= 0.3 is 12.0 Å². The molecule has 1 fully saturated rings. The number of carboxylic acid groups (broad SMARTS) is 1. The van der Waals surface area contributed by atoms with Gasteiger partial charge in [0.1, 0.15) is 0 Å². The highest BCUT2D eigenvalue weighted by Gasteiger charge is 2.26. The van der Waals surface area contributed by atoms with Crippen molar-refractivity contribution in [3.63, 3.8) is 0 Å². The third-order valence-corrected chi connectivity index (χ3v) is 3.89. The molecular formula is C13H14BrClN2O4. The second kappa shape index (κ2) is 7.11. The number of halogens is 2. The number of hydrogen-bond acceptors (Lipinski definition) is 3. The van der Waals surface area contributed by atoms with Crippen LogP contribution in [0.4, 0.5) is 10.5 Å². The molecule has 2 rings (SSSR count). The van der Waals surface area contributed by atoms with Crippen molar-refractivity contribution in [3.8, 4) is 0 Å². The van der Waals surface area contributed by atoms with Gasteiger partial charge in [0, 0.05) is 22.6 Å². The van der Waals surface area contributed by atoms with Gasteiger partial charge in [0.15, 0.2) is 0 Å². The van der Waals surface area contributed by atoms with Gasteiger partial charge in [-0.1, -0.05) is 11.6 Å². The molecule has 0 saturated carbocycles. The van der Waals surface area contributed by atoms with E-state index < -0.39 is 12.1 Å². The predicted molar refractivity (Wildman–Crippen MR) is 81.7 cm³/mol. The summed E-state index contributed by atoms with van der Waals surface area (Å²) in [5.74, 6) is -0.942. The first kappa shape index (κ1) is 16.1. The smallest absolute Gasteiger partial charge is 0.322 e. The maximum Gasteiger partial charge on any atom is 0.322 e. The van der Waals surface area contributed by atoms with Crippen LogP contribution in [0.1, 0.15) is 6.42 Å². The minimum absolute atomic E-state index is 0.117. The molecule has 6 nitrogen and oxygen atoms in total. The van der Waals surface area contributed by atoms with E-state index >= 15 is 0 Å². The zero-order valence-electron chi connectivity index (χ0n) is 11.0. The number of anilines is 1. The molecule has 1 unspecified atom stereocenters. The highest BCUT2D eigenvalue weighted by Crippen LogP contribution is 2.26. The van der Waals surface area contributed by atoms with Crippen molar-refractivity contribution in [2.45, 2.75) is 12.5 Å². The van der Waals surface area contributed by atoms with E-state index in [-0.39, 0.29) is 19.0 Å². The summed E-state index contributed by atoms with van der Waals surface area (Å²) >= 11 is 9.17. The molecule has 1 aromatic carbocycles. The molecule has 1 saturated heterocycles. The van der Waals surface area contributed by atoms with E-state index in [0.717, 1.165) is 0 Å². The molecule has 2 amide bonds. The van der Waals surface area contributed by atoms with E-state index in [1.807, 2.05) is 0 Å². The Kier molecular flexibility index (Phi) is 5.44. The van der Waals surface area contributed by atoms with Crippen LogP contribution < -0.4 is 5.32 Å². The SMILES string of the molecule is O=C(O)CC1CN(C(=O)Nc2ccc(Cl)cc2Br)CCO1. The Balaban J connectivity index is 1.97. The predicted octanol–water partition coefficient (Wildman–Crippen LogP) is 2.81. The number of carbonyl (C=O) groups is 2. The maximum atomic E-state index is 12.2. The van der Waals surface area contributed by atoms with Crippen molar-refractivity contribution in [2.24, 2.45) is 0 Å². The lowest BCUT2D eigenvalue weighted by atomic mass is 10.2. The molecule has 1 aliphatic rings. The quantitative estimate of drug-likeness (QED) is 0.849. The first-order chi connectivity index (χ1) is 9.95. The van der Waals surface area contributed by atoms with Crippen molar-refractivity contribution in [2.75, 3.05) is 25.0 Å². The van der Waals surface area contributed by atoms with E-state index in [1.54, 1.807) is 18.2 Å². The fourth-order valence-electron chi connectivity index (χ4n) is 2.01. The average Bonchev–Trinajstić information content (AvgIpc) is 2.41. The Labute approximate surface area is 135 Å². The Morgan fingerprint density at radius 2 is 2.29 bits per heavy atom. The summed E-state index contributed by atoms with van der Waals surface area (Å²) in [4.78, 5) is 24.4. The molecular weight excluding hydrogens is 364 g/mol. The van der Waals surface area contributed by atoms with Crippen molar-refractivity contribution < 1.29 is 19.4 Å². The van der Waals surface area contributed by atoms with Crippen molar-refractivity contribution in [3.05, 3.63) is 27.7 Å². The van der Waals surface area contributed by atoms with Crippen molar-refractivity contribution in [1.29, 1.82) is 0 Å². The van der Waals surface area contributed by atoms with Gasteiger partial charge in [-0.3, -0.25) is 4.79 Å². The van der Waals surface area contributed by atoms with Gasteiger partial charge in [-0.2, -0.15) is 0 Å². The topological polar surface area (TPSA) is 78.9 Å². The Morgan fingerprint density at radius 3 is 2.95 bits per heavy atom. The number of nitrogens with one attached hydrogen (secondary N) is 1. The zero-order chi connectivity index (χ0) is 15.4. The monoisotopic (exact) mass is 376 g/mol. The van der Waals surface area contributed by atoms with Gasteiger partial charge in [-0.15, -0.1) is 0 Å². The molecule has 0 aromatic heterocycles. The van der Waals surface area contributed by atoms with Crippen LogP contribution in [0.25, 0.3) is 0 Å². The largest absolute Gasteiger partial charge is 0.481 e. The van der Waals surface area contributed by atoms with Crippen LogP contribution in [0.3, 0.4) is 0 Å². The molecule has 0 bridgehead atoms. The van der Waals surface area contributed by atoms with Crippen molar-refractivity contribution in [1.82, 2.24) is 4.90 Å². The molecule has 8 heteroatoms. The molecule has 1 atom stereocenters. The lowest BCUT2D eigenvalue weighted by Crippen LogP contribution is -2.47. The van der Waals surface area contributed by atoms with Crippen LogP contribution in [0.5, 0.6) is 0 Å². The number of hydrogen-bond donors (Lipinski definition) is 2. The van der Waals surface area contributed by atoms with Crippen molar-refractivity contribution >= 4 is 45.2 Å². The lowest BCUT2D eigenvalue weighted by Gasteiger charge is -2.32. The van der Waals surface area contributed by atoms with Crippen LogP contribution in [-0.4, -0.2) is 47.8 Å². The van der Waals surface area contributed by atoms with E-state index in [9.17, 15) is 9.59 Å². The van der Waals surface area contributed by atoms with Crippen LogP contribution >= 0.6 is 27.5 Å². The number of amides is 2. The van der Waals surface area contributed by atoms with Crippen LogP contribution in [-0.2, 0) is 9.53 Å². The highest BCUT2D eigenvalue weighted by atomic mass is 79.9. The number of ether oxygens (including phenoxy) is 1. The summed E-state index contributed by atoms with van der Waals surface area (Å²) in [6.45, 7) is 1.00. The molecule has 0 aliphatic carbocycles. The fourth-order valence-corrected chi connectivity index (χ4v) is 2.79. The summed E-state index contributed by atoms with van der Waals surface area (Å²) in [5, 5.41) is 12.1. The number of morpholine rings is 1. The van der Waals surface area contributed by atoms with E-state index in [2.05, 4.69) is 21.2 Å². The number of rotatable bonds is 3. The number of aliphatic carboxylic acids is 1. The molecule has 21 heavy (non-hydrogen) atoms. The maximum absolute atomic E-state index is 12.2. The first-order valence-corrected chi connectivity index (χ1v) is 7.47. The van der Waals surface area contributed by atoms with Gasteiger partial charge in [0.25, 0.3) is 0 Å². The van der Waals surface area contributed by atoms with Gasteiger partial charge in [-0.25, -0.2) is 4.79 Å².